The first-order valence-electron chi connectivity index (χ1n) is 7.06. The predicted molar refractivity (Wildman–Crippen MR) is 76.9 cm³/mol. The van der Waals surface area contributed by atoms with Crippen molar-refractivity contribution in [1.29, 1.82) is 0 Å². The maximum absolute atomic E-state index is 11.7. The van der Waals surface area contributed by atoms with Crippen molar-refractivity contribution in [1.82, 2.24) is 10.3 Å². The molecule has 0 aromatic heterocycles. The summed E-state index contributed by atoms with van der Waals surface area (Å²) in [5.74, 6) is 1.62. The Morgan fingerprint density at radius 2 is 2.11 bits per heavy atom. The first-order chi connectivity index (χ1) is 8.90. The van der Waals surface area contributed by atoms with E-state index in [2.05, 4.69) is 31.3 Å². The molecule has 19 heavy (non-hydrogen) atoms. The first-order valence-corrected chi connectivity index (χ1v) is 7.06. The van der Waals surface area contributed by atoms with Gasteiger partial charge in [0.15, 0.2) is 0 Å². The smallest absolute Gasteiger partial charge is 0.428 e. The molecule has 0 saturated heterocycles. The van der Waals surface area contributed by atoms with Gasteiger partial charge in [0.1, 0.15) is 12.4 Å². The summed E-state index contributed by atoms with van der Waals surface area (Å²) in [7, 11) is 3.68. The normalized spacial score (nSPS) is 27.6. The fourth-order valence-corrected chi connectivity index (χ4v) is 2.61. The minimum Gasteiger partial charge on any atom is -0.445 e. The minimum absolute atomic E-state index is 0.0123. The third kappa shape index (κ3) is 5.49. The van der Waals surface area contributed by atoms with Gasteiger partial charge in [-0.25, -0.2) is 10.2 Å². The molecule has 5 nitrogen and oxygen atoms in total. The molecule has 110 valence electrons. The van der Waals surface area contributed by atoms with Crippen molar-refractivity contribution < 1.29 is 9.53 Å². The van der Waals surface area contributed by atoms with E-state index < -0.39 is 6.09 Å². The highest BCUT2D eigenvalue weighted by Gasteiger charge is 2.33. The van der Waals surface area contributed by atoms with Gasteiger partial charge in [0.25, 0.3) is 0 Å². The van der Waals surface area contributed by atoms with Crippen molar-refractivity contribution in [3.05, 3.63) is 0 Å². The average Bonchev–Trinajstić information content (AvgIpc) is 2.27. The standard InChI is InChI=1S/C14H27N3O2/c1-10(2)12-7-6-11(3)8-13(12)19-14(18)16-15-9-17(4)5/h9-13H,6-8H2,1-5H3,(H,16,18)/b15-9+. The molecule has 1 N–H and O–H groups in total. The number of carbonyl (C=O) groups excluding carboxylic acids is 1. The Kier molecular flexibility index (Phi) is 6.12. The zero-order valence-electron chi connectivity index (χ0n) is 12.7. The van der Waals surface area contributed by atoms with Gasteiger partial charge in [0, 0.05) is 14.1 Å². The Morgan fingerprint density at radius 3 is 2.68 bits per heavy atom. The number of nitrogens with one attached hydrogen (secondary N) is 1. The lowest BCUT2D eigenvalue weighted by molar-refractivity contribution is 0.00632. The average molecular weight is 269 g/mol. The number of ether oxygens (including phenoxy) is 1. The molecule has 0 radical (unpaired) electrons. The second kappa shape index (κ2) is 7.36. The molecule has 0 spiro atoms. The van der Waals surface area contributed by atoms with E-state index in [1.165, 1.54) is 12.8 Å². The molecule has 0 aromatic carbocycles. The Balaban J connectivity index is 2.49. The molecule has 0 aromatic rings. The number of carbonyl (C=O) groups is 1. The summed E-state index contributed by atoms with van der Waals surface area (Å²) < 4.78 is 5.54. The van der Waals surface area contributed by atoms with Crippen molar-refractivity contribution in [3.63, 3.8) is 0 Å². The van der Waals surface area contributed by atoms with E-state index in [1.54, 1.807) is 4.90 Å². The lowest BCUT2D eigenvalue weighted by Crippen LogP contribution is -2.38. The lowest BCUT2D eigenvalue weighted by Gasteiger charge is -2.36. The van der Waals surface area contributed by atoms with Crippen LogP contribution in [0, 0.1) is 17.8 Å². The number of amides is 1. The molecule has 3 unspecified atom stereocenters. The lowest BCUT2D eigenvalue weighted by atomic mass is 9.75. The van der Waals surface area contributed by atoms with Gasteiger partial charge in [-0.3, -0.25) is 0 Å². The molecule has 1 amide bonds. The summed E-state index contributed by atoms with van der Waals surface area (Å²) in [5.41, 5.74) is 2.40. The molecule has 1 saturated carbocycles. The maximum Gasteiger partial charge on any atom is 0.428 e. The van der Waals surface area contributed by atoms with Crippen LogP contribution in [-0.4, -0.2) is 37.5 Å². The zero-order chi connectivity index (χ0) is 14.4. The van der Waals surface area contributed by atoms with Gasteiger partial charge in [0.05, 0.1) is 0 Å². The van der Waals surface area contributed by atoms with Crippen LogP contribution in [0.25, 0.3) is 0 Å². The van der Waals surface area contributed by atoms with Gasteiger partial charge in [-0.05, 0) is 30.6 Å². The third-order valence-corrected chi connectivity index (χ3v) is 3.66. The van der Waals surface area contributed by atoms with Crippen molar-refractivity contribution in [2.24, 2.45) is 22.9 Å². The Hall–Kier alpha value is -1.26. The summed E-state index contributed by atoms with van der Waals surface area (Å²) in [4.78, 5) is 13.5. The molecule has 0 heterocycles. The fraction of sp³-hybridized carbons (Fsp3) is 0.857. The molecule has 1 rings (SSSR count). The topological polar surface area (TPSA) is 53.9 Å². The van der Waals surface area contributed by atoms with E-state index >= 15 is 0 Å². The summed E-state index contributed by atoms with van der Waals surface area (Å²) in [6.07, 6.45) is 4.40. The molecular weight excluding hydrogens is 242 g/mol. The minimum atomic E-state index is -0.456. The number of hydrazone groups is 1. The molecule has 0 aliphatic heterocycles. The van der Waals surface area contributed by atoms with Crippen LogP contribution >= 0.6 is 0 Å². The quantitative estimate of drug-likeness (QED) is 0.485. The van der Waals surface area contributed by atoms with Crippen LogP contribution in [0.15, 0.2) is 5.10 Å². The zero-order valence-corrected chi connectivity index (χ0v) is 12.7. The summed E-state index contributed by atoms with van der Waals surface area (Å²) >= 11 is 0. The molecule has 0 bridgehead atoms. The van der Waals surface area contributed by atoms with Gasteiger partial charge in [-0.1, -0.05) is 27.2 Å². The molecule has 5 heteroatoms. The number of rotatable bonds is 4. The predicted octanol–water partition coefficient (Wildman–Crippen LogP) is 2.68. The van der Waals surface area contributed by atoms with Crippen LogP contribution in [0.2, 0.25) is 0 Å². The SMILES string of the molecule is CC1CCC(C(C)C)C(OC(=O)N/N=C/N(C)C)C1. The van der Waals surface area contributed by atoms with Crippen molar-refractivity contribution in [3.8, 4) is 0 Å². The number of hydrogen-bond donors (Lipinski definition) is 1. The van der Waals surface area contributed by atoms with Gasteiger partial charge in [-0.2, -0.15) is 5.10 Å². The largest absolute Gasteiger partial charge is 0.445 e. The van der Waals surface area contributed by atoms with E-state index in [0.717, 1.165) is 12.8 Å². The van der Waals surface area contributed by atoms with E-state index in [4.69, 9.17) is 4.74 Å². The van der Waals surface area contributed by atoms with Gasteiger partial charge < -0.3 is 9.64 Å². The van der Waals surface area contributed by atoms with Crippen LogP contribution in [0.3, 0.4) is 0 Å². The second-order valence-corrected chi connectivity index (χ2v) is 6.09. The van der Waals surface area contributed by atoms with Crippen LogP contribution in [0.5, 0.6) is 0 Å². The Labute approximate surface area is 116 Å². The molecule has 1 fully saturated rings. The van der Waals surface area contributed by atoms with E-state index in [9.17, 15) is 4.79 Å². The monoisotopic (exact) mass is 269 g/mol. The molecule has 3 atom stereocenters. The van der Waals surface area contributed by atoms with Gasteiger partial charge in [0.2, 0.25) is 0 Å². The first kappa shape index (κ1) is 15.8. The molecule has 1 aliphatic carbocycles. The molecule has 1 aliphatic rings. The van der Waals surface area contributed by atoms with Crippen LogP contribution < -0.4 is 5.43 Å². The molecular formula is C14H27N3O2. The Bertz CT molecular complexity index is 316. The van der Waals surface area contributed by atoms with E-state index in [0.29, 0.717) is 17.8 Å². The summed E-state index contributed by atoms with van der Waals surface area (Å²) in [6, 6.07) is 0. The summed E-state index contributed by atoms with van der Waals surface area (Å²) in [6.45, 7) is 6.60. The second-order valence-electron chi connectivity index (χ2n) is 6.09. The highest BCUT2D eigenvalue weighted by atomic mass is 16.6. The number of hydrogen-bond acceptors (Lipinski definition) is 3. The Morgan fingerprint density at radius 1 is 1.42 bits per heavy atom. The number of nitrogens with zero attached hydrogens (tertiary/aromatic N) is 2. The van der Waals surface area contributed by atoms with Crippen LogP contribution in [0.1, 0.15) is 40.0 Å². The van der Waals surface area contributed by atoms with Gasteiger partial charge in [-0.15, -0.1) is 0 Å². The van der Waals surface area contributed by atoms with E-state index in [-0.39, 0.29) is 6.10 Å². The van der Waals surface area contributed by atoms with Crippen molar-refractivity contribution in [2.75, 3.05) is 14.1 Å². The maximum atomic E-state index is 11.7. The highest BCUT2D eigenvalue weighted by molar-refractivity contribution is 5.68. The van der Waals surface area contributed by atoms with Crippen molar-refractivity contribution >= 4 is 12.4 Å². The third-order valence-electron chi connectivity index (χ3n) is 3.66. The summed E-state index contributed by atoms with van der Waals surface area (Å²) in [5, 5.41) is 3.80. The van der Waals surface area contributed by atoms with Crippen LogP contribution in [-0.2, 0) is 4.74 Å². The highest BCUT2D eigenvalue weighted by Crippen LogP contribution is 2.35. The fourth-order valence-electron chi connectivity index (χ4n) is 2.61. The van der Waals surface area contributed by atoms with Crippen molar-refractivity contribution in [2.45, 2.75) is 46.1 Å². The van der Waals surface area contributed by atoms with E-state index in [1.807, 2.05) is 14.1 Å². The van der Waals surface area contributed by atoms with Gasteiger partial charge >= 0.3 is 6.09 Å². The van der Waals surface area contributed by atoms with Crippen LogP contribution in [0.4, 0.5) is 4.79 Å².